The van der Waals surface area contributed by atoms with Crippen LogP contribution >= 0.6 is 0 Å². The van der Waals surface area contributed by atoms with Crippen LogP contribution in [-0.2, 0) is 18.4 Å². The lowest BCUT2D eigenvalue weighted by Crippen LogP contribution is -2.32. The molecule has 124 valence electrons. The van der Waals surface area contributed by atoms with Gasteiger partial charge in [-0.1, -0.05) is 13.0 Å². The summed E-state index contributed by atoms with van der Waals surface area (Å²) in [6, 6.07) is 0. The van der Waals surface area contributed by atoms with E-state index in [1.807, 2.05) is 19.9 Å². The van der Waals surface area contributed by atoms with Gasteiger partial charge in [0.15, 0.2) is 0 Å². The number of nitrogens with one attached hydrogen (secondary N) is 2. The maximum absolute atomic E-state index is 12.5. The van der Waals surface area contributed by atoms with E-state index in [4.69, 9.17) is 4.74 Å². The molecule has 0 saturated carbocycles. The molecule has 7 heteroatoms. The minimum atomic E-state index is -0.514. The second kappa shape index (κ2) is 6.70. The largest absolute Gasteiger partial charge is 0.501 e. The maximum atomic E-state index is 12.5. The Balaban J connectivity index is 2.81. The Bertz CT molecular complexity index is 896. The van der Waals surface area contributed by atoms with E-state index >= 15 is 0 Å². The van der Waals surface area contributed by atoms with Crippen molar-refractivity contribution in [2.45, 2.75) is 26.9 Å². The van der Waals surface area contributed by atoms with Gasteiger partial charge < -0.3 is 19.8 Å². The number of aliphatic hydroxyl groups excluding tert-OH is 1. The quantitative estimate of drug-likeness (QED) is 0.573. The van der Waals surface area contributed by atoms with Crippen LogP contribution in [0.3, 0.4) is 0 Å². The Morgan fingerprint density at radius 3 is 2.57 bits per heavy atom. The van der Waals surface area contributed by atoms with E-state index in [1.165, 1.54) is 7.05 Å². The Morgan fingerprint density at radius 1 is 1.30 bits per heavy atom. The Hall–Kier alpha value is -2.54. The first kappa shape index (κ1) is 16.8. The summed E-state index contributed by atoms with van der Waals surface area (Å²) < 4.78 is 6.12. The molecule has 0 amide bonds. The third-order valence-electron chi connectivity index (χ3n) is 3.83. The average Bonchev–Trinajstić information content (AvgIpc) is 2.91. The Labute approximate surface area is 132 Å². The second-order valence-electron chi connectivity index (χ2n) is 5.21. The number of hydrogen-bond donors (Lipinski definition) is 3. The molecule has 0 unspecified atom stereocenters. The lowest BCUT2D eigenvalue weighted by molar-refractivity contribution is 0.278. The predicted octanol–water partition coefficient (Wildman–Crippen LogP) is 1.39. The van der Waals surface area contributed by atoms with E-state index in [9.17, 15) is 14.7 Å². The van der Waals surface area contributed by atoms with Crippen molar-refractivity contribution in [3.05, 3.63) is 50.1 Å². The molecular weight excluding hydrogens is 298 g/mol. The molecule has 0 atom stereocenters. The first-order chi connectivity index (χ1) is 10.9. The van der Waals surface area contributed by atoms with Crippen LogP contribution in [0, 0.1) is 0 Å². The molecule has 7 nitrogen and oxygen atoms in total. The van der Waals surface area contributed by atoms with Crippen LogP contribution in [0.25, 0.3) is 16.5 Å². The first-order valence-electron chi connectivity index (χ1n) is 7.31. The van der Waals surface area contributed by atoms with Crippen LogP contribution < -0.4 is 11.2 Å². The van der Waals surface area contributed by atoms with E-state index in [2.05, 4.69) is 9.97 Å². The van der Waals surface area contributed by atoms with Gasteiger partial charge in [0.25, 0.3) is 5.56 Å². The topological polar surface area (TPSA) is 100 Å². The van der Waals surface area contributed by atoms with Crippen LogP contribution in [0.15, 0.2) is 27.5 Å². The zero-order valence-corrected chi connectivity index (χ0v) is 13.7. The summed E-state index contributed by atoms with van der Waals surface area (Å²) in [5.41, 5.74) is 1.32. The van der Waals surface area contributed by atoms with Gasteiger partial charge in [0, 0.05) is 7.05 Å². The average molecular weight is 319 g/mol. The van der Waals surface area contributed by atoms with Crippen LogP contribution in [-0.4, -0.2) is 26.8 Å². The summed E-state index contributed by atoms with van der Waals surface area (Å²) in [4.78, 5) is 30.0. The van der Waals surface area contributed by atoms with E-state index in [1.54, 1.807) is 13.2 Å². The molecule has 2 aromatic rings. The smallest absolute Gasteiger partial charge is 0.328 e. The molecule has 0 aliphatic heterocycles. The van der Waals surface area contributed by atoms with Crippen LogP contribution in [0.5, 0.6) is 0 Å². The van der Waals surface area contributed by atoms with Crippen LogP contribution in [0.1, 0.15) is 31.7 Å². The lowest BCUT2D eigenvalue weighted by Gasteiger charge is -2.04. The monoisotopic (exact) mass is 319 g/mol. The highest BCUT2D eigenvalue weighted by molar-refractivity contribution is 5.92. The Morgan fingerprint density at radius 2 is 2.00 bits per heavy atom. The highest BCUT2D eigenvalue weighted by atomic mass is 16.5. The van der Waals surface area contributed by atoms with Crippen molar-refractivity contribution < 1.29 is 9.84 Å². The van der Waals surface area contributed by atoms with Crippen molar-refractivity contribution in [1.29, 1.82) is 0 Å². The molecule has 0 spiro atoms. The van der Waals surface area contributed by atoms with Crippen molar-refractivity contribution in [2.75, 3.05) is 7.11 Å². The number of aromatic amines is 2. The number of methoxy groups -OCH3 is 1. The normalized spacial score (nSPS) is 12.9. The number of hydrogen-bond acceptors (Lipinski definition) is 4. The summed E-state index contributed by atoms with van der Waals surface area (Å²) >= 11 is 0. The van der Waals surface area contributed by atoms with Gasteiger partial charge in [-0.15, -0.1) is 0 Å². The standard InChI is InChI=1S/C16H21N3O4/c1-5-10(7-6-9(2)23-4)13-12-14(11(8-20)17-13)18-16(22)19(3)15(12)21/h6-7,17,20H,5,8H2,1-4H3,(H,18,22)/b9-6+,10-7+. The number of H-pyrrole nitrogens is 2. The molecule has 0 aliphatic carbocycles. The number of allylic oxidation sites excluding steroid dienone is 4. The van der Waals surface area contributed by atoms with E-state index < -0.39 is 11.2 Å². The van der Waals surface area contributed by atoms with Gasteiger partial charge in [-0.25, -0.2) is 4.79 Å². The molecule has 2 rings (SSSR count). The minimum absolute atomic E-state index is 0.302. The van der Waals surface area contributed by atoms with Crippen molar-refractivity contribution in [3.8, 4) is 0 Å². The number of aromatic nitrogens is 3. The molecule has 0 saturated heterocycles. The van der Waals surface area contributed by atoms with E-state index in [0.29, 0.717) is 28.7 Å². The van der Waals surface area contributed by atoms with Gasteiger partial charge in [0.2, 0.25) is 0 Å². The van der Waals surface area contributed by atoms with Gasteiger partial charge >= 0.3 is 5.69 Å². The fourth-order valence-electron chi connectivity index (χ4n) is 2.38. The minimum Gasteiger partial charge on any atom is -0.501 e. The molecule has 0 radical (unpaired) electrons. The highest BCUT2D eigenvalue weighted by Gasteiger charge is 2.18. The molecule has 3 N–H and O–H groups in total. The number of fused-ring (bicyclic) bond motifs is 1. The van der Waals surface area contributed by atoms with Gasteiger partial charge in [0.1, 0.15) is 0 Å². The summed E-state index contributed by atoms with van der Waals surface area (Å²) in [5, 5.41) is 9.87. The van der Waals surface area contributed by atoms with E-state index in [0.717, 1.165) is 15.9 Å². The molecule has 0 aliphatic rings. The third-order valence-corrected chi connectivity index (χ3v) is 3.83. The fourth-order valence-corrected chi connectivity index (χ4v) is 2.38. The SMILES string of the molecule is CC/C(=C\C=C(/C)OC)c1[nH]c(CO)c2[nH]c(=O)n(C)c(=O)c12. The number of nitrogens with zero attached hydrogens (tertiary/aromatic N) is 1. The van der Waals surface area contributed by atoms with Gasteiger partial charge in [0.05, 0.1) is 41.8 Å². The molecular formula is C16H21N3O4. The summed E-state index contributed by atoms with van der Waals surface area (Å²) in [7, 11) is 3.00. The van der Waals surface area contributed by atoms with Crippen LogP contribution in [0.4, 0.5) is 0 Å². The predicted molar refractivity (Wildman–Crippen MR) is 89.1 cm³/mol. The number of rotatable bonds is 5. The molecule has 23 heavy (non-hydrogen) atoms. The third kappa shape index (κ3) is 3.00. The summed E-state index contributed by atoms with van der Waals surface area (Å²) in [5.74, 6) is 0.732. The van der Waals surface area contributed by atoms with Crippen LogP contribution in [0.2, 0.25) is 0 Å². The van der Waals surface area contributed by atoms with Gasteiger partial charge in [-0.3, -0.25) is 9.36 Å². The molecule has 2 heterocycles. The number of ether oxygens (including phenoxy) is 1. The second-order valence-corrected chi connectivity index (χ2v) is 5.21. The van der Waals surface area contributed by atoms with Gasteiger partial charge in [-0.2, -0.15) is 0 Å². The van der Waals surface area contributed by atoms with Crippen molar-refractivity contribution in [1.82, 2.24) is 14.5 Å². The molecule has 0 aromatic carbocycles. The Kier molecular flexibility index (Phi) is 4.90. The number of aliphatic hydroxyl groups is 1. The highest BCUT2D eigenvalue weighted by Crippen LogP contribution is 2.25. The lowest BCUT2D eigenvalue weighted by atomic mass is 10.1. The summed E-state index contributed by atoms with van der Waals surface area (Å²) in [6.45, 7) is 3.49. The van der Waals surface area contributed by atoms with Gasteiger partial charge in [-0.05, 0) is 25.0 Å². The molecule has 0 fully saturated rings. The first-order valence-corrected chi connectivity index (χ1v) is 7.31. The molecule has 0 bridgehead atoms. The zero-order valence-electron chi connectivity index (χ0n) is 13.7. The zero-order chi connectivity index (χ0) is 17.1. The summed E-state index contributed by atoms with van der Waals surface area (Å²) in [6.07, 6.45) is 4.33. The van der Waals surface area contributed by atoms with Crippen molar-refractivity contribution in [3.63, 3.8) is 0 Å². The van der Waals surface area contributed by atoms with Crippen molar-refractivity contribution in [2.24, 2.45) is 7.05 Å². The molecule has 2 aromatic heterocycles. The fraction of sp³-hybridized carbons (Fsp3) is 0.375. The maximum Gasteiger partial charge on any atom is 0.328 e. The van der Waals surface area contributed by atoms with Crippen molar-refractivity contribution >= 4 is 16.5 Å². The van der Waals surface area contributed by atoms with E-state index in [-0.39, 0.29) is 6.61 Å².